The van der Waals surface area contributed by atoms with Crippen LogP contribution in [0.3, 0.4) is 0 Å². The summed E-state index contributed by atoms with van der Waals surface area (Å²) < 4.78 is 17.3. The first-order chi connectivity index (χ1) is 14.4. The Hall–Kier alpha value is -2.40. The summed E-state index contributed by atoms with van der Waals surface area (Å²) in [7, 11) is 1.68. The van der Waals surface area contributed by atoms with E-state index < -0.39 is 5.41 Å². The van der Waals surface area contributed by atoms with Gasteiger partial charge in [-0.2, -0.15) is 0 Å². The summed E-state index contributed by atoms with van der Waals surface area (Å²) in [5, 5.41) is 0.110. The van der Waals surface area contributed by atoms with Crippen LogP contribution < -0.4 is 9.47 Å². The molecule has 0 amide bonds. The number of carbonyl (C=O) groups excluding carboxylic acids is 1. The highest BCUT2D eigenvalue weighted by Gasteiger charge is 2.56. The minimum atomic E-state index is -0.412. The summed E-state index contributed by atoms with van der Waals surface area (Å²) in [6, 6.07) is 15.7. The molecule has 1 fully saturated rings. The third-order valence-electron chi connectivity index (χ3n) is 7.00. The molecule has 0 spiro atoms. The largest absolute Gasteiger partial charge is 0.497 e. The molecular weight excluding hydrogens is 396 g/mol. The minimum Gasteiger partial charge on any atom is -0.497 e. The standard InChI is InChI=1S/C25H28O4S/c1-24(2)21-12-10-17-9-11-19(27-3)15-20(17)25(21,14-13-22(24)26)16-28-23(30)29-18-7-5-4-6-8-18/h4-9,11,15,21H,10,12-14,16H2,1-3H3/t21-,25-/m0/s1. The molecule has 0 radical (unpaired) electrons. The Balaban J connectivity index is 1.67. The molecule has 2 aliphatic carbocycles. The topological polar surface area (TPSA) is 44.8 Å². The van der Waals surface area contributed by atoms with Crippen LogP contribution in [0, 0.1) is 11.3 Å². The van der Waals surface area contributed by atoms with Crippen LogP contribution in [-0.2, 0) is 21.4 Å². The third-order valence-corrected chi connectivity index (χ3v) is 7.20. The Kier molecular flexibility index (Phi) is 5.58. The molecule has 0 bridgehead atoms. The van der Waals surface area contributed by atoms with Gasteiger partial charge in [-0.15, -0.1) is 0 Å². The fourth-order valence-electron chi connectivity index (χ4n) is 5.39. The van der Waals surface area contributed by atoms with Crippen molar-refractivity contribution in [1.82, 2.24) is 0 Å². The summed E-state index contributed by atoms with van der Waals surface area (Å²) >= 11 is 5.39. The number of thiocarbonyl (C=S) groups is 1. The zero-order valence-corrected chi connectivity index (χ0v) is 18.6. The Morgan fingerprint density at radius 2 is 1.87 bits per heavy atom. The summed E-state index contributed by atoms with van der Waals surface area (Å²) in [5.41, 5.74) is 1.81. The monoisotopic (exact) mass is 424 g/mol. The number of methoxy groups -OCH3 is 1. The molecular formula is C25H28O4S. The lowest BCUT2D eigenvalue weighted by Crippen LogP contribution is -2.56. The van der Waals surface area contributed by atoms with E-state index in [2.05, 4.69) is 26.0 Å². The summed E-state index contributed by atoms with van der Waals surface area (Å²) in [4.78, 5) is 12.8. The first kappa shape index (κ1) is 20.9. The highest BCUT2D eigenvalue weighted by molar-refractivity contribution is 7.79. The molecule has 2 aromatic carbocycles. The maximum Gasteiger partial charge on any atom is 0.357 e. The molecule has 30 heavy (non-hydrogen) atoms. The van der Waals surface area contributed by atoms with Gasteiger partial charge in [-0.1, -0.05) is 38.1 Å². The fraction of sp³-hybridized carbons (Fsp3) is 0.440. The number of carbonyl (C=O) groups is 1. The van der Waals surface area contributed by atoms with Gasteiger partial charge >= 0.3 is 5.24 Å². The maximum absolute atomic E-state index is 12.8. The van der Waals surface area contributed by atoms with Crippen LogP contribution in [0.5, 0.6) is 11.5 Å². The number of aryl methyl sites for hydroxylation is 1. The molecule has 0 aromatic heterocycles. The molecule has 0 N–H and O–H groups in total. The van der Waals surface area contributed by atoms with Gasteiger partial charge < -0.3 is 14.2 Å². The minimum absolute atomic E-state index is 0.110. The number of ketones is 1. The first-order valence-corrected chi connectivity index (χ1v) is 10.9. The van der Waals surface area contributed by atoms with E-state index in [4.69, 9.17) is 26.4 Å². The lowest BCUT2D eigenvalue weighted by molar-refractivity contribution is -0.138. The molecule has 4 nitrogen and oxygen atoms in total. The van der Waals surface area contributed by atoms with Gasteiger partial charge in [0.2, 0.25) is 0 Å². The van der Waals surface area contributed by atoms with Crippen LogP contribution in [0.25, 0.3) is 0 Å². The zero-order valence-electron chi connectivity index (χ0n) is 17.8. The Bertz CT molecular complexity index is 953. The Labute approximate surface area is 183 Å². The predicted octanol–water partition coefficient (Wildman–Crippen LogP) is 5.27. The second-order valence-electron chi connectivity index (χ2n) is 8.87. The van der Waals surface area contributed by atoms with Crippen molar-refractivity contribution in [2.75, 3.05) is 13.7 Å². The Morgan fingerprint density at radius 3 is 2.60 bits per heavy atom. The third kappa shape index (κ3) is 3.60. The van der Waals surface area contributed by atoms with Crippen molar-refractivity contribution in [2.24, 2.45) is 11.3 Å². The van der Waals surface area contributed by atoms with E-state index in [1.165, 1.54) is 11.1 Å². The predicted molar refractivity (Wildman–Crippen MR) is 120 cm³/mol. The van der Waals surface area contributed by atoms with E-state index in [9.17, 15) is 4.79 Å². The summed E-state index contributed by atoms with van der Waals surface area (Å²) in [6.45, 7) is 4.55. The van der Waals surface area contributed by atoms with Gasteiger partial charge in [-0.25, -0.2) is 0 Å². The smallest absolute Gasteiger partial charge is 0.357 e. The highest BCUT2D eigenvalue weighted by atomic mass is 32.1. The fourth-order valence-corrected chi connectivity index (χ4v) is 5.55. The number of Topliss-reactive ketones (excluding diaryl/α,β-unsaturated/α-hetero) is 1. The van der Waals surface area contributed by atoms with Crippen molar-refractivity contribution in [1.29, 1.82) is 0 Å². The second-order valence-corrected chi connectivity index (χ2v) is 9.20. The van der Waals surface area contributed by atoms with E-state index in [0.717, 1.165) is 25.0 Å². The van der Waals surface area contributed by atoms with Crippen molar-refractivity contribution in [3.8, 4) is 11.5 Å². The van der Waals surface area contributed by atoms with E-state index in [1.807, 2.05) is 36.4 Å². The molecule has 5 heteroatoms. The molecule has 158 valence electrons. The van der Waals surface area contributed by atoms with E-state index in [0.29, 0.717) is 24.6 Å². The maximum atomic E-state index is 12.8. The summed E-state index contributed by atoms with van der Waals surface area (Å²) in [5.74, 6) is 1.98. The molecule has 1 saturated carbocycles. The highest BCUT2D eigenvalue weighted by Crippen LogP contribution is 2.56. The molecule has 0 heterocycles. The van der Waals surface area contributed by atoms with Crippen LogP contribution in [0.1, 0.15) is 44.2 Å². The number of ether oxygens (including phenoxy) is 3. The van der Waals surface area contributed by atoms with Crippen LogP contribution in [0.4, 0.5) is 0 Å². The van der Waals surface area contributed by atoms with Gasteiger partial charge in [0.15, 0.2) is 0 Å². The second kappa shape index (κ2) is 8.03. The lowest BCUT2D eigenvalue weighted by atomic mass is 9.49. The number of rotatable bonds is 4. The van der Waals surface area contributed by atoms with Crippen LogP contribution in [0.15, 0.2) is 48.5 Å². The van der Waals surface area contributed by atoms with Crippen LogP contribution in [-0.4, -0.2) is 24.7 Å². The van der Waals surface area contributed by atoms with Gasteiger partial charge in [-0.3, -0.25) is 4.79 Å². The van der Waals surface area contributed by atoms with E-state index >= 15 is 0 Å². The molecule has 0 aliphatic heterocycles. The molecule has 4 rings (SSSR count). The average molecular weight is 425 g/mol. The molecule has 0 unspecified atom stereocenters. The van der Waals surface area contributed by atoms with Crippen molar-refractivity contribution in [2.45, 2.75) is 44.9 Å². The van der Waals surface area contributed by atoms with Crippen molar-refractivity contribution < 1.29 is 19.0 Å². The van der Waals surface area contributed by atoms with Crippen molar-refractivity contribution >= 4 is 23.2 Å². The van der Waals surface area contributed by atoms with E-state index in [1.54, 1.807) is 7.11 Å². The zero-order chi connectivity index (χ0) is 21.4. The first-order valence-electron chi connectivity index (χ1n) is 10.5. The number of fused-ring (bicyclic) bond motifs is 3. The summed E-state index contributed by atoms with van der Waals surface area (Å²) in [6.07, 6.45) is 3.19. The number of hydrogen-bond acceptors (Lipinski definition) is 5. The number of benzene rings is 2. The average Bonchev–Trinajstić information content (AvgIpc) is 2.75. The molecule has 0 saturated heterocycles. The van der Waals surface area contributed by atoms with Crippen LogP contribution >= 0.6 is 12.2 Å². The van der Waals surface area contributed by atoms with Crippen molar-refractivity contribution in [3.63, 3.8) is 0 Å². The van der Waals surface area contributed by atoms with Gasteiger partial charge in [0, 0.05) is 29.5 Å². The SMILES string of the molecule is COc1ccc2c(c1)[C@@]1(COC(=S)Oc3ccccc3)CCC(=O)C(C)(C)[C@@H]1CC2. The molecule has 2 aliphatic rings. The normalized spacial score (nSPS) is 24.4. The number of para-hydroxylation sites is 1. The van der Waals surface area contributed by atoms with Gasteiger partial charge in [0.05, 0.1) is 7.11 Å². The Morgan fingerprint density at radius 1 is 1.10 bits per heavy atom. The molecule has 2 atom stereocenters. The lowest BCUT2D eigenvalue weighted by Gasteiger charge is -2.54. The van der Waals surface area contributed by atoms with E-state index in [-0.39, 0.29) is 16.6 Å². The molecule has 2 aromatic rings. The van der Waals surface area contributed by atoms with Crippen LogP contribution in [0.2, 0.25) is 0 Å². The van der Waals surface area contributed by atoms with Gasteiger partial charge in [-0.05, 0) is 60.6 Å². The van der Waals surface area contributed by atoms with Crippen molar-refractivity contribution in [3.05, 3.63) is 59.7 Å². The van der Waals surface area contributed by atoms with Gasteiger partial charge in [0.25, 0.3) is 0 Å². The quantitative estimate of drug-likeness (QED) is 0.626. The number of hydrogen-bond donors (Lipinski definition) is 0. The van der Waals surface area contributed by atoms with Gasteiger partial charge in [0.1, 0.15) is 23.9 Å².